The van der Waals surface area contributed by atoms with Crippen molar-refractivity contribution in [2.75, 3.05) is 20.1 Å². The van der Waals surface area contributed by atoms with Crippen molar-refractivity contribution < 1.29 is 0 Å². The highest BCUT2D eigenvalue weighted by Gasteiger charge is 2.03. The molecule has 0 bridgehead atoms. The molecule has 0 aromatic carbocycles. The van der Waals surface area contributed by atoms with Gasteiger partial charge in [-0.1, -0.05) is 19.9 Å². The van der Waals surface area contributed by atoms with Crippen molar-refractivity contribution in [2.45, 2.75) is 26.7 Å². The molecule has 0 radical (unpaired) electrons. The van der Waals surface area contributed by atoms with Crippen molar-refractivity contribution in [3.8, 4) is 0 Å². The van der Waals surface area contributed by atoms with Crippen molar-refractivity contribution in [2.24, 2.45) is 0 Å². The van der Waals surface area contributed by atoms with Crippen LogP contribution >= 0.6 is 0 Å². The Hall–Kier alpha value is -0.890. The number of aromatic nitrogens is 1. The fourth-order valence-electron chi connectivity index (χ4n) is 1.19. The first-order valence-electron chi connectivity index (χ1n) is 5.43. The Morgan fingerprint density at radius 1 is 0.929 bits per heavy atom. The first-order valence-corrected chi connectivity index (χ1v) is 5.43. The lowest BCUT2D eigenvalue weighted by Crippen LogP contribution is -2.10. The highest BCUT2D eigenvalue weighted by Crippen LogP contribution is 2.02. The van der Waals surface area contributed by atoms with E-state index < -0.39 is 0 Å². The van der Waals surface area contributed by atoms with E-state index in [1.807, 2.05) is 32.0 Å². The second kappa shape index (κ2) is 10.2. The molecule has 0 atom stereocenters. The third-order valence-electron chi connectivity index (χ3n) is 1.90. The van der Waals surface area contributed by atoms with Crippen LogP contribution in [-0.4, -0.2) is 30.0 Å². The van der Waals surface area contributed by atoms with Gasteiger partial charge in [-0.05, 0) is 45.1 Å². The maximum absolute atomic E-state index is 3.78. The van der Waals surface area contributed by atoms with Crippen LogP contribution in [-0.2, 0) is 0 Å². The van der Waals surface area contributed by atoms with E-state index in [1.165, 1.54) is 25.9 Å². The third kappa shape index (κ3) is 7.74. The van der Waals surface area contributed by atoms with Crippen LogP contribution in [0.1, 0.15) is 26.7 Å². The monoisotopic (exact) mass is 194 g/mol. The zero-order valence-corrected chi connectivity index (χ0v) is 9.61. The summed E-state index contributed by atoms with van der Waals surface area (Å²) in [5, 5.41) is 0. The van der Waals surface area contributed by atoms with Crippen LogP contribution in [0.25, 0.3) is 0 Å². The smallest absolute Gasteiger partial charge is 0.0267 e. The molecule has 2 heterocycles. The van der Waals surface area contributed by atoms with Gasteiger partial charge in [0.2, 0.25) is 0 Å². The van der Waals surface area contributed by atoms with E-state index in [0.29, 0.717) is 0 Å². The molecule has 0 amide bonds. The molecule has 2 rings (SSSR count). The molecule has 0 aliphatic carbocycles. The molecule has 1 aliphatic rings. The van der Waals surface area contributed by atoms with Gasteiger partial charge < -0.3 is 4.90 Å². The van der Waals surface area contributed by atoms with Gasteiger partial charge in [0.1, 0.15) is 0 Å². The molecule has 80 valence electrons. The zero-order chi connectivity index (χ0) is 10.6. The normalized spacial score (nSPS) is 14.8. The predicted octanol–water partition coefficient (Wildman–Crippen LogP) is 2.82. The van der Waals surface area contributed by atoms with E-state index in [9.17, 15) is 0 Å². The van der Waals surface area contributed by atoms with Crippen LogP contribution in [0.3, 0.4) is 0 Å². The van der Waals surface area contributed by atoms with E-state index in [2.05, 4.69) is 16.9 Å². The summed E-state index contributed by atoms with van der Waals surface area (Å²) >= 11 is 0. The summed E-state index contributed by atoms with van der Waals surface area (Å²) in [5.74, 6) is 0. The van der Waals surface area contributed by atoms with Crippen molar-refractivity contribution in [3.63, 3.8) is 0 Å². The van der Waals surface area contributed by atoms with Crippen molar-refractivity contribution in [1.82, 2.24) is 9.88 Å². The van der Waals surface area contributed by atoms with Crippen LogP contribution in [0.15, 0.2) is 30.6 Å². The van der Waals surface area contributed by atoms with Gasteiger partial charge in [0.15, 0.2) is 0 Å². The van der Waals surface area contributed by atoms with Gasteiger partial charge in [0.25, 0.3) is 0 Å². The number of pyridine rings is 1. The molecular weight excluding hydrogens is 172 g/mol. The minimum atomic E-state index is 1.32. The quantitative estimate of drug-likeness (QED) is 0.631. The van der Waals surface area contributed by atoms with Gasteiger partial charge in [-0.25, -0.2) is 0 Å². The summed E-state index contributed by atoms with van der Waals surface area (Å²) in [6, 6.07) is 5.72. The van der Waals surface area contributed by atoms with E-state index in [1.54, 1.807) is 12.4 Å². The second-order valence-electron chi connectivity index (χ2n) is 3.03. The van der Waals surface area contributed by atoms with E-state index in [0.717, 1.165) is 0 Å². The number of hydrogen-bond donors (Lipinski definition) is 0. The lowest BCUT2D eigenvalue weighted by atomic mass is 10.4. The summed E-state index contributed by atoms with van der Waals surface area (Å²) in [7, 11) is 2.17. The molecule has 1 aromatic heterocycles. The number of hydrogen-bond acceptors (Lipinski definition) is 2. The second-order valence-corrected chi connectivity index (χ2v) is 3.03. The third-order valence-corrected chi connectivity index (χ3v) is 1.90. The van der Waals surface area contributed by atoms with Crippen molar-refractivity contribution in [1.29, 1.82) is 0 Å². The minimum Gasteiger partial charge on any atom is -0.306 e. The van der Waals surface area contributed by atoms with Gasteiger partial charge in [0, 0.05) is 12.4 Å². The lowest BCUT2D eigenvalue weighted by Gasteiger charge is -2.01. The van der Waals surface area contributed by atoms with Crippen LogP contribution < -0.4 is 0 Å². The number of likely N-dealkylation sites (tertiary alicyclic amines) is 1. The van der Waals surface area contributed by atoms with Gasteiger partial charge in [-0.3, -0.25) is 4.98 Å². The first kappa shape index (κ1) is 13.1. The van der Waals surface area contributed by atoms with Gasteiger partial charge >= 0.3 is 0 Å². The zero-order valence-electron chi connectivity index (χ0n) is 9.61. The summed E-state index contributed by atoms with van der Waals surface area (Å²) < 4.78 is 0. The minimum absolute atomic E-state index is 1.32. The average molecular weight is 194 g/mol. The molecule has 1 aliphatic heterocycles. The van der Waals surface area contributed by atoms with E-state index in [-0.39, 0.29) is 0 Å². The van der Waals surface area contributed by atoms with Gasteiger partial charge in [0.05, 0.1) is 0 Å². The fraction of sp³-hybridized carbons (Fsp3) is 0.583. The first-order chi connectivity index (χ1) is 6.89. The molecule has 1 aromatic rings. The molecule has 0 N–H and O–H groups in total. The Balaban J connectivity index is 0.000000206. The molecule has 0 saturated carbocycles. The maximum Gasteiger partial charge on any atom is 0.0267 e. The Kier molecular flexibility index (Phi) is 9.54. The Labute approximate surface area is 88.0 Å². The number of nitrogens with zero attached hydrogens (tertiary/aromatic N) is 2. The standard InChI is InChI=1S/C5H11N.C5H5N.C2H6/c1-6-4-2-3-5-6;1-2-4-6-5-3-1;1-2/h2-5H2,1H3;1-5H;1-2H3. The summed E-state index contributed by atoms with van der Waals surface area (Å²) in [5.41, 5.74) is 0. The summed E-state index contributed by atoms with van der Waals surface area (Å²) in [6.07, 6.45) is 6.33. The maximum atomic E-state index is 3.78. The highest BCUT2D eigenvalue weighted by atomic mass is 15.1. The molecule has 2 heteroatoms. The Morgan fingerprint density at radius 3 is 1.57 bits per heavy atom. The Morgan fingerprint density at radius 2 is 1.43 bits per heavy atom. The average Bonchev–Trinajstić information content (AvgIpc) is 2.76. The molecule has 2 nitrogen and oxygen atoms in total. The molecule has 14 heavy (non-hydrogen) atoms. The van der Waals surface area contributed by atoms with Gasteiger partial charge in [-0.2, -0.15) is 0 Å². The van der Waals surface area contributed by atoms with E-state index >= 15 is 0 Å². The largest absolute Gasteiger partial charge is 0.306 e. The van der Waals surface area contributed by atoms with Gasteiger partial charge in [-0.15, -0.1) is 0 Å². The SMILES string of the molecule is CC.CN1CCCC1.c1ccncc1. The molecular formula is C12H22N2. The number of rotatable bonds is 0. The van der Waals surface area contributed by atoms with Crippen molar-refractivity contribution in [3.05, 3.63) is 30.6 Å². The Bertz CT molecular complexity index is 154. The lowest BCUT2D eigenvalue weighted by molar-refractivity contribution is 0.418. The van der Waals surface area contributed by atoms with Crippen LogP contribution in [0.2, 0.25) is 0 Å². The molecule has 1 fully saturated rings. The summed E-state index contributed by atoms with van der Waals surface area (Å²) in [6.45, 7) is 6.64. The molecule has 0 unspecified atom stereocenters. The molecule has 1 saturated heterocycles. The van der Waals surface area contributed by atoms with Crippen LogP contribution in [0, 0.1) is 0 Å². The fourth-order valence-corrected chi connectivity index (χ4v) is 1.19. The predicted molar refractivity (Wildman–Crippen MR) is 62.3 cm³/mol. The summed E-state index contributed by atoms with van der Waals surface area (Å²) in [4.78, 5) is 6.15. The van der Waals surface area contributed by atoms with Crippen molar-refractivity contribution >= 4 is 0 Å². The van der Waals surface area contributed by atoms with E-state index in [4.69, 9.17) is 0 Å². The molecule has 0 spiro atoms. The van der Waals surface area contributed by atoms with Crippen LogP contribution in [0.5, 0.6) is 0 Å². The highest BCUT2D eigenvalue weighted by molar-refractivity contribution is 4.88. The topological polar surface area (TPSA) is 16.1 Å². The van der Waals surface area contributed by atoms with Crippen LogP contribution in [0.4, 0.5) is 0 Å².